The van der Waals surface area contributed by atoms with Gasteiger partial charge in [0.15, 0.2) is 6.61 Å². The van der Waals surface area contributed by atoms with Crippen molar-refractivity contribution in [1.82, 2.24) is 5.32 Å². The van der Waals surface area contributed by atoms with E-state index in [1.54, 1.807) is 18.2 Å². The zero-order valence-electron chi connectivity index (χ0n) is 14.0. The SMILES string of the molecule is O=C(COC(=O)C1=Cc2ccccc2OC1)NCCc1ccc(Cl)cc1. The van der Waals surface area contributed by atoms with E-state index in [4.69, 9.17) is 21.1 Å². The van der Waals surface area contributed by atoms with Crippen LogP contribution in [0, 0.1) is 0 Å². The van der Waals surface area contributed by atoms with Gasteiger partial charge in [-0.2, -0.15) is 0 Å². The van der Waals surface area contributed by atoms with Crippen LogP contribution in [0.1, 0.15) is 11.1 Å². The van der Waals surface area contributed by atoms with Gasteiger partial charge >= 0.3 is 5.97 Å². The highest BCUT2D eigenvalue weighted by Gasteiger charge is 2.18. The van der Waals surface area contributed by atoms with Crippen molar-refractivity contribution in [1.29, 1.82) is 0 Å². The van der Waals surface area contributed by atoms with Gasteiger partial charge in [0, 0.05) is 17.1 Å². The third-order valence-electron chi connectivity index (χ3n) is 3.88. The zero-order chi connectivity index (χ0) is 18.4. The van der Waals surface area contributed by atoms with E-state index >= 15 is 0 Å². The topological polar surface area (TPSA) is 64.6 Å². The summed E-state index contributed by atoms with van der Waals surface area (Å²) in [6.45, 7) is 0.268. The van der Waals surface area contributed by atoms with Gasteiger partial charge in [-0.15, -0.1) is 0 Å². The van der Waals surface area contributed by atoms with Crippen molar-refractivity contribution < 1.29 is 19.1 Å². The maximum absolute atomic E-state index is 12.1. The lowest BCUT2D eigenvalue weighted by molar-refractivity contribution is -0.145. The summed E-state index contributed by atoms with van der Waals surface area (Å²) in [7, 11) is 0. The number of hydrogen-bond acceptors (Lipinski definition) is 4. The van der Waals surface area contributed by atoms with Gasteiger partial charge in [0.05, 0.1) is 5.57 Å². The molecule has 26 heavy (non-hydrogen) atoms. The van der Waals surface area contributed by atoms with Crippen molar-refractivity contribution in [3.8, 4) is 5.75 Å². The summed E-state index contributed by atoms with van der Waals surface area (Å²) in [5.41, 5.74) is 2.27. The van der Waals surface area contributed by atoms with E-state index in [9.17, 15) is 9.59 Å². The molecule has 0 saturated heterocycles. The minimum absolute atomic E-state index is 0.133. The molecule has 0 radical (unpaired) electrons. The monoisotopic (exact) mass is 371 g/mol. The number of fused-ring (bicyclic) bond motifs is 1. The molecule has 134 valence electrons. The summed E-state index contributed by atoms with van der Waals surface area (Å²) in [5, 5.41) is 3.39. The average molecular weight is 372 g/mol. The average Bonchev–Trinajstić information content (AvgIpc) is 2.67. The van der Waals surface area contributed by atoms with Crippen molar-refractivity contribution in [2.75, 3.05) is 19.8 Å². The number of esters is 1. The third-order valence-corrected chi connectivity index (χ3v) is 4.13. The van der Waals surface area contributed by atoms with Gasteiger partial charge in [0.1, 0.15) is 12.4 Å². The molecule has 0 fully saturated rings. The summed E-state index contributed by atoms with van der Waals surface area (Å²) in [4.78, 5) is 23.9. The highest BCUT2D eigenvalue weighted by Crippen LogP contribution is 2.25. The van der Waals surface area contributed by atoms with E-state index in [0.717, 1.165) is 16.9 Å². The van der Waals surface area contributed by atoms with Crippen LogP contribution in [-0.4, -0.2) is 31.6 Å². The first-order valence-electron chi connectivity index (χ1n) is 8.22. The first-order chi connectivity index (χ1) is 12.6. The molecule has 1 aliphatic rings. The number of hydrogen-bond donors (Lipinski definition) is 1. The van der Waals surface area contributed by atoms with Crippen molar-refractivity contribution in [2.24, 2.45) is 0 Å². The largest absolute Gasteiger partial charge is 0.488 e. The van der Waals surface area contributed by atoms with E-state index < -0.39 is 5.97 Å². The Morgan fingerprint density at radius 3 is 2.69 bits per heavy atom. The van der Waals surface area contributed by atoms with Crippen LogP contribution in [0.15, 0.2) is 54.1 Å². The van der Waals surface area contributed by atoms with Crippen LogP contribution in [0.5, 0.6) is 5.75 Å². The Morgan fingerprint density at radius 1 is 1.12 bits per heavy atom. The molecule has 0 aromatic heterocycles. The number of para-hydroxylation sites is 1. The van der Waals surface area contributed by atoms with Gasteiger partial charge < -0.3 is 14.8 Å². The van der Waals surface area contributed by atoms with Crippen molar-refractivity contribution >= 4 is 29.6 Å². The molecule has 3 rings (SSSR count). The van der Waals surface area contributed by atoms with Gasteiger partial charge in [0.25, 0.3) is 5.91 Å². The molecule has 5 nitrogen and oxygen atoms in total. The van der Waals surface area contributed by atoms with E-state index in [-0.39, 0.29) is 19.1 Å². The number of rotatable bonds is 6. The minimum atomic E-state index is -0.549. The normalized spacial score (nSPS) is 12.4. The highest BCUT2D eigenvalue weighted by molar-refractivity contribution is 6.30. The Labute approximate surface area is 156 Å². The van der Waals surface area contributed by atoms with Crippen LogP contribution in [0.25, 0.3) is 6.08 Å². The van der Waals surface area contributed by atoms with Crippen molar-refractivity contribution in [3.63, 3.8) is 0 Å². The molecule has 1 heterocycles. The zero-order valence-corrected chi connectivity index (χ0v) is 14.8. The minimum Gasteiger partial charge on any atom is -0.488 e. The summed E-state index contributed by atoms with van der Waals surface area (Å²) in [6, 6.07) is 14.8. The standard InChI is InChI=1S/C20H18ClNO4/c21-17-7-5-14(6-8-17)9-10-22-19(23)13-26-20(24)16-11-15-3-1-2-4-18(15)25-12-16/h1-8,11H,9-10,12-13H2,(H,22,23). The number of nitrogens with one attached hydrogen (secondary N) is 1. The molecule has 0 atom stereocenters. The molecule has 1 amide bonds. The lowest BCUT2D eigenvalue weighted by atomic mass is 10.1. The number of amides is 1. The second-order valence-corrected chi connectivity index (χ2v) is 6.24. The number of ether oxygens (including phenoxy) is 2. The summed E-state index contributed by atoms with van der Waals surface area (Å²) >= 11 is 5.83. The van der Waals surface area contributed by atoms with Gasteiger partial charge in [-0.05, 0) is 36.3 Å². The molecule has 1 N–H and O–H groups in total. The van der Waals surface area contributed by atoms with Crippen LogP contribution in [-0.2, 0) is 20.7 Å². The Balaban J connectivity index is 1.42. The first kappa shape index (κ1) is 18.0. The van der Waals surface area contributed by atoms with Gasteiger partial charge in [-0.25, -0.2) is 4.79 Å². The summed E-state index contributed by atoms with van der Waals surface area (Å²) < 4.78 is 10.6. The number of halogens is 1. The predicted molar refractivity (Wildman–Crippen MR) is 99.0 cm³/mol. The molecule has 0 aliphatic carbocycles. The molecular formula is C20H18ClNO4. The molecule has 0 unspecified atom stereocenters. The maximum atomic E-state index is 12.1. The van der Waals surface area contributed by atoms with Crippen LogP contribution in [0.4, 0.5) is 0 Å². The smallest absolute Gasteiger partial charge is 0.338 e. The molecular weight excluding hydrogens is 354 g/mol. The molecule has 0 saturated carbocycles. The Hall–Kier alpha value is -2.79. The van der Waals surface area contributed by atoms with E-state index in [0.29, 0.717) is 23.6 Å². The molecule has 1 aliphatic heterocycles. The van der Waals surface area contributed by atoms with Crippen LogP contribution < -0.4 is 10.1 Å². The number of carbonyl (C=O) groups is 2. The van der Waals surface area contributed by atoms with Gasteiger partial charge in [-0.3, -0.25) is 4.79 Å². The summed E-state index contributed by atoms with van der Waals surface area (Å²) in [5.74, 6) is -0.165. The summed E-state index contributed by atoms with van der Waals surface area (Å²) in [6.07, 6.45) is 2.40. The van der Waals surface area contributed by atoms with Crippen molar-refractivity contribution in [3.05, 3.63) is 70.3 Å². The van der Waals surface area contributed by atoms with E-state index in [2.05, 4.69) is 5.32 Å². The lowest BCUT2D eigenvalue weighted by Crippen LogP contribution is -2.31. The van der Waals surface area contributed by atoms with Crippen LogP contribution >= 0.6 is 11.6 Å². The molecule has 0 spiro atoms. The number of benzene rings is 2. The third kappa shape index (κ3) is 4.86. The molecule has 6 heteroatoms. The van der Waals surface area contributed by atoms with Crippen LogP contribution in [0.2, 0.25) is 5.02 Å². The fourth-order valence-electron chi connectivity index (χ4n) is 2.51. The van der Waals surface area contributed by atoms with Gasteiger partial charge in [-0.1, -0.05) is 41.9 Å². The molecule has 2 aromatic carbocycles. The Morgan fingerprint density at radius 2 is 1.88 bits per heavy atom. The predicted octanol–water partition coefficient (Wildman–Crippen LogP) is 3.02. The highest BCUT2D eigenvalue weighted by atomic mass is 35.5. The fourth-order valence-corrected chi connectivity index (χ4v) is 2.63. The Kier molecular flexibility index (Phi) is 5.92. The fraction of sp³-hybridized carbons (Fsp3) is 0.200. The maximum Gasteiger partial charge on any atom is 0.338 e. The number of carbonyl (C=O) groups excluding carboxylic acids is 2. The second-order valence-electron chi connectivity index (χ2n) is 5.80. The van der Waals surface area contributed by atoms with E-state index in [1.807, 2.05) is 36.4 Å². The quantitative estimate of drug-likeness (QED) is 0.793. The second kappa shape index (κ2) is 8.54. The van der Waals surface area contributed by atoms with Crippen molar-refractivity contribution in [2.45, 2.75) is 6.42 Å². The van der Waals surface area contributed by atoms with Gasteiger partial charge in [0.2, 0.25) is 0 Å². The lowest BCUT2D eigenvalue weighted by Gasteiger charge is -2.16. The van der Waals surface area contributed by atoms with Crippen LogP contribution in [0.3, 0.4) is 0 Å². The Bertz CT molecular complexity index is 830. The molecule has 0 bridgehead atoms. The van der Waals surface area contributed by atoms with E-state index in [1.165, 1.54) is 0 Å². The first-order valence-corrected chi connectivity index (χ1v) is 8.60. The molecule has 2 aromatic rings.